The molecule has 72 valence electrons. The standard InChI is InChI=1S/C9H10N4O/c1-13(2)9-11-8(12-14-9)7-3-5-10-6-4-7/h3-6H,1-2H3. The van der Waals surface area contributed by atoms with Crippen LogP contribution in [0.25, 0.3) is 11.4 Å². The molecule has 5 heteroatoms. The highest BCUT2D eigenvalue weighted by atomic mass is 16.5. The molecule has 2 aromatic rings. The smallest absolute Gasteiger partial charge is 0.323 e. The SMILES string of the molecule is CN(C)c1nc(-c2ccncc2)no1. The molecule has 0 unspecified atom stereocenters. The second kappa shape index (κ2) is 3.45. The first-order valence-electron chi connectivity index (χ1n) is 4.19. The lowest BCUT2D eigenvalue weighted by molar-refractivity contribution is 0.423. The molecule has 14 heavy (non-hydrogen) atoms. The van der Waals surface area contributed by atoms with Crippen molar-refractivity contribution in [3.63, 3.8) is 0 Å². The number of nitrogens with zero attached hydrogens (tertiary/aromatic N) is 4. The number of hydrogen-bond donors (Lipinski definition) is 0. The number of anilines is 1. The van der Waals surface area contributed by atoms with Crippen molar-refractivity contribution in [2.24, 2.45) is 0 Å². The van der Waals surface area contributed by atoms with Gasteiger partial charge < -0.3 is 9.42 Å². The number of aromatic nitrogens is 3. The van der Waals surface area contributed by atoms with Gasteiger partial charge in [0.15, 0.2) is 0 Å². The molecule has 0 fully saturated rings. The third-order valence-electron chi connectivity index (χ3n) is 1.74. The normalized spacial score (nSPS) is 10.1. The Kier molecular flexibility index (Phi) is 2.14. The van der Waals surface area contributed by atoms with E-state index in [0.717, 1.165) is 5.56 Å². The predicted molar refractivity (Wildman–Crippen MR) is 51.9 cm³/mol. The van der Waals surface area contributed by atoms with Crippen LogP contribution in [0.2, 0.25) is 0 Å². The number of rotatable bonds is 2. The van der Waals surface area contributed by atoms with Crippen molar-refractivity contribution in [3.8, 4) is 11.4 Å². The highest BCUT2D eigenvalue weighted by Gasteiger charge is 2.08. The topological polar surface area (TPSA) is 55.1 Å². The van der Waals surface area contributed by atoms with Gasteiger partial charge in [-0.15, -0.1) is 0 Å². The molecule has 2 heterocycles. The minimum atomic E-state index is 0.497. The molecule has 0 amide bonds. The van der Waals surface area contributed by atoms with Crippen LogP contribution in [0.4, 0.5) is 6.01 Å². The Morgan fingerprint density at radius 3 is 2.50 bits per heavy atom. The molecule has 2 rings (SSSR count). The summed E-state index contributed by atoms with van der Waals surface area (Å²) in [5, 5.41) is 3.85. The van der Waals surface area contributed by atoms with Gasteiger partial charge in [-0.25, -0.2) is 0 Å². The van der Waals surface area contributed by atoms with E-state index in [1.165, 1.54) is 0 Å². The summed E-state index contributed by atoms with van der Waals surface area (Å²) >= 11 is 0. The van der Waals surface area contributed by atoms with Gasteiger partial charge in [-0.2, -0.15) is 4.98 Å². The van der Waals surface area contributed by atoms with Gasteiger partial charge in [0.1, 0.15) is 0 Å². The van der Waals surface area contributed by atoms with Crippen LogP contribution >= 0.6 is 0 Å². The highest BCUT2D eigenvalue weighted by molar-refractivity contribution is 5.54. The molecule has 0 N–H and O–H groups in total. The van der Waals surface area contributed by atoms with Gasteiger partial charge in [0.2, 0.25) is 5.82 Å². The molecule has 0 radical (unpaired) electrons. The van der Waals surface area contributed by atoms with Crippen molar-refractivity contribution >= 4 is 6.01 Å². The van der Waals surface area contributed by atoms with E-state index in [-0.39, 0.29) is 0 Å². The van der Waals surface area contributed by atoms with Crippen molar-refractivity contribution in [3.05, 3.63) is 24.5 Å². The average molecular weight is 190 g/mol. The Bertz CT molecular complexity index is 410. The second-order valence-electron chi connectivity index (χ2n) is 3.03. The predicted octanol–water partition coefficient (Wildman–Crippen LogP) is 1.20. The molecular weight excluding hydrogens is 180 g/mol. The van der Waals surface area contributed by atoms with Gasteiger partial charge in [0.05, 0.1) is 0 Å². The summed E-state index contributed by atoms with van der Waals surface area (Å²) in [5.41, 5.74) is 0.900. The van der Waals surface area contributed by atoms with E-state index in [4.69, 9.17) is 4.52 Å². The number of pyridine rings is 1. The van der Waals surface area contributed by atoms with E-state index in [9.17, 15) is 0 Å². The molecule has 0 aliphatic carbocycles. The highest BCUT2D eigenvalue weighted by Crippen LogP contribution is 2.17. The lowest BCUT2D eigenvalue weighted by Gasteiger charge is -2.01. The zero-order valence-electron chi connectivity index (χ0n) is 8.01. The zero-order valence-corrected chi connectivity index (χ0v) is 8.01. The third kappa shape index (κ3) is 1.56. The van der Waals surface area contributed by atoms with E-state index in [0.29, 0.717) is 11.8 Å². The van der Waals surface area contributed by atoms with E-state index >= 15 is 0 Å². The molecule has 5 nitrogen and oxygen atoms in total. The Labute approximate surface area is 81.4 Å². The monoisotopic (exact) mass is 190 g/mol. The molecule has 0 spiro atoms. The van der Waals surface area contributed by atoms with Crippen molar-refractivity contribution in [1.82, 2.24) is 15.1 Å². The average Bonchev–Trinajstić information content (AvgIpc) is 2.68. The maximum absolute atomic E-state index is 5.02. The first-order chi connectivity index (χ1) is 6.77. The van der Waals surface area contributed by atoms with Crippen molar-refractivity contribution in [1.29, 1.82) is 0 Å². The van der Waals surface area contributed by atoms with Crippen LogP contribution in [0.1, 0.15) is 0 Å². The van der Waals surface area contributed by atoms with Gasteiger partial charge in [0.25, 0.3) is 0 Å². The van der Waals surface area contributed by atoms with Gasteiger partial charge in [0, 0.05) is 32.1 Å². The molecular formula is C9H10N4O. The van der Waals surface area contributed by atoms with E-state index in [1.54, 1.807) is 17.3 Å². The molecule has 0 aliphatic heterocycles. The van der Waals surface area contributed by atoms with Crippen LogP contribution in [-0.4, -0.2) is 29.2 Å². The molecule has 2 aromatic heterocycles. The minimum absolute atomic E-state index is 0.497. The van der Waals surface area contributed by atoms with Crippen molar-refractivity contribution < 1.29 is 4.52 Å². The van der Waals surface area contributed by atoms with E-state index in [1.807, 2.05) is 26.2 Å². The minimum Gasteiger partial charge on any atom is -0.331 e. The van der Waals surface area contributed by atoms with E-state index in [2.05, 4.69) is 15.1 Å². The van der Waals surface area contributed by atoms with Gasteiger partial charge in [-0.1, -0.05) is 5.16 Å². The largest absolute Gasteiger partial charge is 0.331 e. The van der Waals surface area contributed by atoms with Crippen LogP contribution in [0.15, 0.2) is 29.0 Å². The molecule has 0 saturated carbocycles. The maximum Gasteiger partial charge on any atom is 0.323 e. The van der Waals surface area contributed by atoms with Crippen LogP contribution in [0.3, 0.4) is 0 Å². The lowest BCUT2D eigenvalue weighted by Crippen LogP contribution is -2.08. The Hall–Kier alpha value is -1.91. The fourth-order valence-electron chi connectivity index (χ4n) is 1.02. The summed E-state index contributed by atoms with van der Waals surface area (Å²) < 4.78 is 5.02. The molecule has 0 atom stereocenters. The Morgan fingerprint density at radius 2 is 1.93 bits per heavy atom. The van der Waals surface area contributed by atoms with Crippen LogP contribution in [-0.2, 0) is 0 Å². The number of hydrogen-bond acceptors (Lipinski definition) is 5. The van der Waals surface area contributed by atoms with E-state index < -0.39 is 0 Å². The fraction of sp³-hybridized carbons (Fsp3) is 0.222. The zero-order chi connectivity index (χ0) is 9.97. The molecule has 0 aliphatic rings. The van der Waals surface area contributed by atoms with Gasteiger partial charge >= 0.3 is 6.01 Å². The van der Waals surface area contributed by atoms with Crippen LogP contribution in [0, 0.1) is 0 Å². The third-order valence-corrected chi connectivity index (χ3v) is 1.74. The Morgan fingerprint density at radius 1 is 1.21 bits per heavy atom. The lowest BCUT2D eigenvalue weighted by atomic mass is 10.3. The van der Waals surface area contributed by atoms with Gasteiger partial charge in [-0.05, 0) is 12.1 Å². The molecule has 0 saturated heterocycles. The molecule has 0 bridgehead atoms. The maximum atomic E-state index is 5.02. The first kappa shape index (κ1) is 8.68. The van der Waals surface area contributed by atoms with Gasteiger partial charge in [-0.3, -0.25) is 4.98 Å². The summed E-state index contributed by atoms with van der Waals surface area (Å²) in [6.45, 7) is 0. The summed E-state index contributed by atoms with van der Waals surface area (Å²) in [4.78, 5) is 9.88. The molecule has 0 aromatic carbocycles. The van der Waals surface area contributed by atoms with Crippen LogP contribution in [0.5, 0.6) is 0 Å². The summed E-state index contributed by atoms with van der Waals surface area (Å²) in [6.07, 6.45) is 3.39. The second-order valence-corrected chi connectivity index (χ2v) is 3.03. The summed E-state index contributed by atoms with van der Waals surface area (Å²) in [6, 6.07) is 4.17. The van der Waals surface area contributed by atoms with Crippen molar-refractivity contribution in [2.45, 2.75) is 0 Å². The fourth-order valence-corrected chi connectivity index (χ4v) is 1.02. The summed E-state index contributed by atoms with van der Waals surface area (Å²) in [5.74, 6) is 0.580. The first-order valence-corrected chi connectivity index (χ1v) is 4.19. The summed E-state index contributed by atoms with van der Waals surface area (Å²) in [7, 11) is 3.70. The Balaban J connectivity index is 2.34. The quantitative estimate of drug-likeness (QED) is 0.712. The van der Waals surface area contributed by atoms with Crippen LogP contribution < -0.4 is 4.90 Å². The van der Waals surface area contributed by atoms with Crippen molar-refractivity contribution in [2.75, 3.05) is 19.0 Å².